The topological polar surface area (TPSA) is 130 Å². The van der Waals surface area contributed by atoms with Crippen molar-refractivity contribution in [3.63, 3.8) is 0 Å². The largest absolute Gasteiger partial charge is 0.478 e. The third kappa shape index (κ3) is 3.90. The molecule has 0 radical (unpaired) electrons. The van der Waals surface area contributed by atoms with Gasteiger partial charge in [0, 0.05) is 18.8 Å². The Labute approximate surface area is 97.8 Å². The Hall–Kier alpha value is -2.44. The lowest BCUT2D eigenvalue weighted by molar-refractivity contribution is 0.0698. The summed E-state index contributed by atoms with van der Waals surface area (Å²) in [5.41, 5.74) is 11.4. The molecule has 0 aromatic heterocycles. The third-order valence-corrected chi connectivity index (χ3v) is 2.01. The van der Waals surface area contributed by atoms with Gasteiger partial charge in [-0.2, -0.15) is 0 Å². The lowest BCUT2D eigenvalue weighted by Gasteiger charge is -2.10. The van der Waals surface area contributed by atoms with E-state index in [4.69, 9.17) is 16.6 Å². The molecule has 0 saturated heterocycles. The van der Waals surface area contributed by atoms with Crippen LogP contribution in [0.15, 0.2) is 18.2 Å². The first kappa shape index (κ1) is 12.6. The Morgan fingerprint density at radius 1 is 1.29 bits per heavy atom. The molecule has 0 bridgehead atoms. The summed E-state index contributed by atoms with van der Waals surface area (Å²) in [6.45, 7) is 0.649. The normalized spacial score (nSPS) is 9.65. The van der Waals surface area contributed by atoms with E-state index in [1.807, 2.05) is 0 Å². The summed E-state index contributed by atoms with van der Waals surface area (Å²) in [6, 6.07) is 3.82. The van der Waals surface area contributed by atoms with Crippen molar-refractivity contribution in [2.45, 2.75) is 0 Å². The number of hydrogen-bond donors (Lipinski definition) is 5. The summed E-state index contributed by atoms with van der Waals surface area (Å²) in [5, 5.41) is 14.2. The van der Waals surface area contributed by atoms with Crippen molar-refractivity contribution < 1.29 is 14.7 Å². The van der Waals surface area contributed by atoms with Crippen molar-refractivity contribution in [3.05, 3.63) is 23.8 Å². The molecule has 7 N–H and O–H groups in total. The van der Waals surface area contributed by atoms with Crippen LogP contribution in [0, 0.1) is 0 Å². The molecule has 0 spiro atoms. The van der Waals surface area contributed by atoms with Gasteiger partial charge in [-0.25, -0.2) is 9.59 Å². The van der Waals surface area contributed by atoms with Gasteiger partial charge < -0.3 is 27.2 Å². The molecule has 1 rings (SSSR count). The number of nitrogen functional groups attached to an aromatic ring is 1. The highest BCUT2D eigenvalue weighted by Crippen LogP contribution is 2.18. The predicted octanol–water partition coefficient (Wildman–Crippen LogP) is 0.0472. The number of carboxylic acids is 1. The molecule has 17 heavy (non-hydrogen) atoms. The molecule has 0 heterocycles. The number of anilines is 2. The van der Waals surface area contributed by atoms with E-state index in [9.17, 15) is 9.59 Å². The average Bonchev–Trinajstić information content (AvgIpc) is 2.23. The van der Waals surface area contributed by atoms with Gasteiger partial charge in [-0.3, -0.25) is 0 Å². The van der Waals surface area contributed by atoms with Gasteiger partial charge in [0.25, 0.3) is 0 Å². The average molecular weight is 238 g/mol. The highest BCUT2D eigenvalue weighted by molar-refractivity contribution is 5.95. The molecule has 2 amide bonds. The minimum Gasteiger partial charge on any atom is -0.478 e. The van der Waals surface area contributed by atoms with Gasteiger partial charge in [-0.15, -0.1) is 0 Å². The van der Waals surface area contributed by atoms with Crippen LogP contribution < -0.4 is 22.1 Å². The molecule has 7 nitrogen and oxygen atoms in total. The lowest BCUT2D eigenvalue weighted by atomic mass is 10.1. The van der Waals surface area contributed by atoms with E-state index in [0.717, 1.165) is 0 Å². The molecule has 0 saturated carbocycles. The van der Waals surface area contributed by atoms with Crippen molar-refractivity contribution >= 4 is 23.4 Å². The standard InChI is InChI=1S/C10H14N4O3/c11-6-1-2-7(9(15)16)8(5-6)13-3-4-14-10(12)17/h1-2,5,13H,3-4,11H2,(H,15,16)(H3,12,14,17). The Morgan fingerprint density at radius 3 is 2.59 bits per heavy atom. The second kappa shape index (κ2) is 5.59. The molecule has 0 aliphatic heterocycles. The van der Waals surface area contributed by atoms with Crippen molar-refractivity contribution in [2.24, 2.45) is 5.73 Å². The minimum absolute atomic E-state index is 0.123. The summed E-state index contributed by atoms with van der Waals surface area (Å²) in [5.74, 6) is -1.05. The zero-order valence-electron chi connectivity index (χ0n) is 9.06. The van der Waals surface area contributed by atoms with E-state index in [1.54, 1.807) is 0 Å². The fourth-order valence-electron chi connectivity index (χ4n) is 1.28. The monoisotopic (exact) mass is 238 g/mol. The number of primary amides is 1. The summed E-state index contributed by atoms with van der Waals surface area (Å²) < 4.78 is 0. The number of amides is 2. The SMILES string of the molecule is NC(=O)NCCNc1cc(N)ccc1C(=O)O. The molecule has 0 atom stereocenters. The maximum Gasteiger partial charge on any atom is 0.337 e. The number of carboxylic acid groups (broad SMARTS) is 1. The number of carbonyl (C=O) groups excluding carboxylic acids is 1. The number of carbonyl (C=O) groups is 2. The van der Waals surface area contributed by atoms with Crippen LogP contribution in [0.25, 0.3) is 0 Å². The summed E-state index contributed by atoms with van der Waals surface area (Å²) in [4.78, 5) is 21.3. The number of nitrogens with one attached hydrogen (secondary N) is 2. The zero-order chi connectivity index (χ0) is 12.8. The van der Waals surface area contributed by atoms with Crippen LogP contribution in [-0.4, -0.2) is 30.2 Å². The van der Waals surface area contributed by atoms with Crippen molar-refractivity contribution in [3.8, 4) is 0 Å². The van der Waals surface area contributed by atoms with Gasteiger partial charge in [0.05, 0.1) is 11.3 Å². The van der Waals surface area contributed by atoms with Crippen LogP contribution in [-0.2, 0) is 0 Å². The minimum atomic E-state index is -1.05. The molecular weight excluding hydrogens is 224 g/mol. The fourth-order valence-corrected chi connectivity index (χ4v) is 1.28. The maximum absolute atomic E-state index is 10.9. The Morgan fingerprint density at radius 2 is 2.00 bits per heavy atom. The van der Waals surface area contributed by atoms with Crippen molar-refractivity contribution in [1.82, 2.24) is 5.32 Å². The third-order valence-electron chi connectivity index (χ3n) is 2.01. The first-order valence-electron chi connectivity index (χ1n) is 4.90. The van der Waals surface area contributed by atoms with Crippen LogP contribution in [0.1, 0.15) is 10.4 Å². The molecule has 1 aromatic rings. The molecule has 0 unspecified atom stereocenters. The van der Waals surface area contributed by atoms with E-state index >= 15 is 0 Å². The highest BCUT2D eigenvalue weighted by Gasteiger charge is 2.09. The van der Waals surface area contributed by atoms with Crippen LogP contribution in [0.2, 0.25) is 0 Å². The predicted molar refractivity (Wildman–Crippen MR) is 63.9 cm³/mol. The highest BCUT2D eigenvalue weighted by atomic mass is 16.4. The van der Waals surface area contributed by atoms with Crippen molar-refractivity contribution in [2.75, 3.05) is 24.1 Å². The first-order chi connectivity index (χ1) is 8.00. The zero-order valence-corrected chi connectivity index (χ0v) is 9.06. The van der Waals surface area contributed by atoms with E-state index in [2.05, 4.69) is 10.6 Å². The lowest BCUT2D eigenvalue weighted by Crippen LogP contribution is -2.33. The number of aromatic carboxylic acids is 1. The summed E-state index contributed by atoms with van der Waals surface area (Å²) in [6.07, 6.45) is 0. The van der Waals surface area contributed by atoms with Gasteiger partial charge in [-0.1, -0.05) is 0 Å². The molecular formula is C10H14N4O3. The Bertz CT molecular complexity index is 434. The van der Waals surface area contributed by atoms with Crippen molar-refractivity contribution in [1.29, 1.82) is 0 Å². The Kier molecular flexibility index (Phi) is 4.15. The number of rotatable bonds is 5. The second-order valence-electron chi connectivity index (χ2n) is 3.33. The Balaban J connectivity index is 2.65. The van der Waals surface area contributed by atoms with Gasteiger partial charge in [0.1, 0.15) is 0 Å². The molecule has 0 fully saturated rings. The molecule has 1 aromatic carbocycles. The fraction of sp³-hybridized carbons (Fsp3) is 0.200. The molecule has 92 valence electrons. The number of benzene rings is 1. The second-order valence-corrected chi connectivity index (χ2v) is 3.33. The van der Waals surface area contributed by atoms with Crippen LogP contribution in [0.5, 0.6) is 0 Å². The van der Waals surface area contributed by atoms with Crippen LogP contribution >= 0.6 is 0 Å². The molecule has 7 heteroatoms. The van der Waals surface area contributed by atoms with Gasteiger partial charge in [0.15, 0.2) is 0 Å². The quantitative estimate of drug-likeness (QED) is 0.365. The smallest absolute Gasteiger partial charge is 0.337 e. The summed E-state index contributed by atoms with van der Waals surface area (Å²) >= 11 is 0. The number of urea groups is 1. The maximum atomic E-state index is 10.9. The van der Waals surface area contributed by atoms with E-state index in [0.29, 0.717) is 24.5 Å². The van der Waals surface area contributed by atoms with E-state index in [1.165, 1.54) is 18.2 Å². The first-order valence-corrected chi connectivity index (χ1v) is 4.90. The molecule has 0 aliphatic rings. The summed E-state index contributed by atoms with van der Waals surface area (Å²) in [7, 11) is 0. The molecule has 0 aliphatic carbocycles. The van der Waals surface area contributed by atoms with Crippen LogP contribution in [0.4, 0.5) is 16.2 Å². The van der Waals surface area contributed by atoms with Gasteiger partial charge in [-0.05, 0) is 18.2 Å². The van der Waals surface area contributed by atoms with E-state index < -0.39 is 12.0 Å². The number of nitrogens with two attached hydrogens (primary N) is 2. The number of hydrogen-bond acceptors (Lipinski definition) is 4. The van der Waals surface area contributed by atoms with Gasteiger partial charge >= 0.3 is 12.0 Å². The van der Waals surface area contributed by atoms with Gasteiger partial charge in [0.2, 0.25) is 0 Å². The van der Waals surface area contributed by atoms with E-state index in [-0.39, 0.29) is 5.56 Å². The van der Waals surface area contributed by atoms with Crippen LogP contribution in [0.3, 0.4) is 0 Å².